The second kappa shape index (κ2) is 9.99. The fourth-order valence-corrected chi connectivity index (χ4v) is 5.69. The van der Waals surface area contributed by atoms with Crippen LogP contribution in [0.4, 0.5) is 10.2 Å². The van der Waals surface area contributed by atoms with Gasteiger partial charge in [0, 0.05) is 57.2 Å². The van der Waals surface area contributed by atoms with Gasteiger partial charge >= 0.3 is 0 Å². The van der Waals surface area contributed by atoms with E-state index in [1.165, 1.54) is 11.4 Å². The normalized spacial score (nSPS) is 18.6. The number of likely N-dealkylation sites (N-methyl/N-ethyl adjacent to an activating group) is 1. The van der Waals surface area contributed by atoms with Gasteiger partial charge in [-0.2, -0.15) is 0 Å². The Labute approximate surface area is 212 Å². The van der Waals surface area contributed by atoms with E-state index in [0.717, 1.165) is 62.5 Å². The molecule has 6 rings (SSSR count). The summed E-state index contributed by atoms with van der Waals surface area (Å²) in [4.78, 5) is 17.0. The lowest BCUT2D eigenvalue weighted by atomic mass is 9.90. The quantitative estimate of drug-likeness (QED) is 0.397. The van der Waals surface area contributed by atoms with Gasteiger partial charge in [0.1, 0.15) is 17.3 Å². The standard InChI is InChI=1S/C29H33FN6/c1-33-15-17-34(18-16-33)28-13-5-12-27-32-24(21-36(27)28)20-35(19-23-7-2-3-10-25(23)30)26-11-4-8-22-9-6-14-31-29(22)26/h2-3,5-7,9-10,12-14,21,26H,4,8,11,15-20H2,1H3/t26-/m0/s1. The van der Waals surface area contributed by atoms with Gasteiger partial charge in [-0.05, 0) is 56.1 Å². The van der Waals surface area contributed by atoms with Crippen molar-refractivity contribution in [2.24, 2.45) is 0 Å². The molecule has 0 spiro atoms. The maximum absolute atomic E-state index is 14.7. The molecule has 0 saturated carbocycles. The van der Waals surface area contributed by atoms with E-state index >= 15 is 0 Å². The molecule has 1 aromatic carbocycles. The van der Waals surface area contributed by atoms with E-state index in [9.17, 15) is 4.39 Å². The van der Waals surface area contributed by atoms with Crippen molar-refractivity contribution in [1.82, 2.24) is 24.2 Å². The van der Waals surface area contributed by atoms with Crippen LogP contribution in [0, 0.1) is 5.82 Å². The van der Waals surface area contributed by atoms with Crippen LogP contribution < -0.4 is 4.90 Å². The summed E-state index contributed by atoms with van der Waals surface area (Å²) in [6.45, 7) is 5.29. The predicted octanol–water partition coefficient (Wildman–Crippen LogP) is 4.70. The van der Waals surface area contributed by atoms with Crippen molar-refractivity contribution in [2.45, 2.75) is 38.4 Å². The summed E-state index contributed by atoms with van der Waals surface area (Å²) in [7, 11) is 2.18. The van der Waals surface area contributed by atoms with Crippen LogP contribution in [0.3, 0.4) is 0 Å². The lowest BCUT2D eigenvalue weighted by Gasteiger charge is -2.35. The molecule has 0 unspecified atom stereocenters. The maximum atomic E-state index is 14.7. The molecule has 186 valence electrons. The fraction of sp³-hybridized carbons (Fsp3) is 0.379. The van der Waals surface area contributed by atoms with Crippen molar-refractivity contribution in [2.75, 3.05) is 38.1 Å². The van der Waals surface area contributed by atoms with Crippen LogP contribution in [-0.2, 0) is 19.5 Å². The number of aryl methyl sites for hydroxylation is 1. The van der Waals surface area contributed by atoms with Crippen molar-refractivity contribution in [1.29, 1.82) is 0 Å². The number of benzene rings is 1. The van der Waals surface area contributed by atoms with Gasteiger partial charge in [0.25, 0.3) is 0 Å². The predicted molar refractivity (Wildman–Crippen MR) is 140 cm³/mol. The van der Waals surface area contributed by atoms with Crippen LogP contribution >= 0.6 is 0 Å². The molecule has 1 aliphatic carbocycles. The number of anilines is 1. The van der Waals surface area contributed by atoms with E-state index in [-0.39, 0.29) is 11.9 Å². The van der Waals surface area contributed by atoms with E-state index in [2.05, 4.69) is 56.6 Å². The molecular formula is C29H33FN6. The number of nitrogens with zero attached hydrogens (tertiary/aromatic N) is 6. The van der Waals surface area contributed by atoms with Crippen molar-refractivity contribution < 1.29 is 4.39 Å². The minimum atomic E-state index is -0.160. The summed E-state index contributed by atoms with van der Waals surface area (Å²) in [5, 5.41) is 0. The zero-order valence-corrected chi connectivity index (χ0v) is 20.9. The number of aromatic nitrogens is 3. The van der Waals surface area contributed by atoms with Gasteiger partial charge in [-0.15, -0.1) is 0 Å². The lowest BCUT2D eigenvalue weighted by Crippen LogP contribution is -2.45. The Balaban J connectivity index is 1.34. The zero-order valence-electron chi connectivity index (χ0n) is 20.9. The highest BCUT2D eigenvalue weighted by molar-refractivity contribution is 5.53. The van der Waals surface area contributed by atoms with Crippen LogP contribution in [0.25, 0.3) is 5.65 Å². The summed E-state index contributed by atoms with van der Waals surface area (Å²) in [6, 6.07) is 17.8. The first-order valence-electron chi connectivity index (χ1n) is 13.0. The second-order valence-electron chi connectivity index (χ2n) is 10.1. The molecule has 36 heavy (non-hydrogen) atoms. The summed E-state index contributed by atoms with van der Waals surface area (Å²) in [5.41, 5.74) is 5.09. The monoisotopic (exact) mass is 484 g/mol. The van der Waals surface area contributed by atoms with Gasteiger partial charge in [0.15, 0.2) is 0 Å². The molecule has 0 radical (unpaired) electrons. The topological polar surface area (TPSA) is 39.9 Å². The number of hydrogen-bond donors (Lipinski definition) is 0. The summed E-state index contributed by atoms with van der Waals surface area (Å²) < 4.78 is 17.0. The number of halogens is 1. The third-order valence-corrected chi connectivity index (χ3v) is 7.65. The van der Waals surface area contributed by atoms with Crippen LogP contribution in [0.15, 0.2) is 67.0 Å². The molecule has 1 atom stereocenters. The Morgan fingerprint density at radius 1 is 0.972 bits per heavy atom. The molecule has 0 bridgehead atoms. The van der Waals surface area contributed by atoms with E-state index < -0.39 is 0 Å². The Bertz CT molecular complexity index is 1340. The van der Waals surface area contributed by atoms with Gasteiger partial charge in [-0.25, -0.2) is 9.37 Å². The molecule has 0 amide bonds. The minimum Gasteiger partial charge on any atom is -0.355 e. The first-order valence-corrected chi connectivity index (χ1v) is 13.0. The molecule has 2 aliphatic rings. The lowest BCUT2D eigenvalue weighted by molar-refractivity contribution is 0.153. The molecule has 4 aromatic rings. The van der Waals surface area contributed by atoms with E-state index in [1.807, 2.05) is 24.4 Å². The highest BCUT2D eigenvalue weighted by atomic mass is 19.1. The molecular weight excluding hydrogens is 451 g/mol. The van der Waals surface area contributed by atoms with E-state index in [4.69, 9.17) is 9.97 Å². The minimum absolute atomic E-state index is 0.136. The fourth-order valence-electron chi connectivity index (χ4n) is 5.69. The molecule has 7 heteroatoms. The number of pyridine rings is 2. The van der Waals surface area contributed by atoms with Gasteiger partial charge in [-0.3, -0.25) is 14.3 Å². The highest BCUT2D eigenvalue weighted by Crippen LogP contribution is 2.35. The SMILES string of the molecule is CN1CCN(c2cccc3nc(CN(Cc4ccccc4F)[C@H]4CCCc5cccnc54)cn23)CC1. The van der Waals surface area contributed by atoms with Gasteiger partial charge in [0.05, 0.1) is 17.4 Å². The first-order chi connectivity index (χ1) is 17.7. The van der Waals surface area contributed by atoms with Crippen LogP contribution in [-0.4, -0.2) is 57.4 Å². The second-order valence-corrected chi connectivity index (χ2v) is 10.1. The van der Waals surface area contributed by atoms with Crippen molar-refractivity contribution >= 4 is 11.5 Å². The molecule has 1 saturated heterocycles. The maximum Gasteiger partial charge on any atom is 0.138 e. The molecule has 6 nitrogen and oxygen atoms in total. The average Bonchev–Trinajstić information content (AvgIpc) is 3.32. The Kier molecular flexibility index (Phi) is 6.42. The zero-order chi connectivity index (χ0) is 24.5. The number of piperazine rings is 1. The van der Waals surface area contributed by atoms with Crippen molar-refractivity contribution in [3.8, 4) is 0 Å². The summed E-state index contributed by atoms with van der Waals surface area (Å²) in [5.74, 6) is 1.02. The van der Waals surface area contributed by atoms with E-state index in [0.29, 0.717) is 18.7 Å². The van der Waals surface area contributed by atoms with Gasteiger partial charge < -0.3 is 9.80 Å². The van der Waals surface area contributed by atoms with Crippen molar-refractivity contribution in [3.05, 3.63) is 95.3 Å². The van der Waals surface area contributed by atoms with Crippen molar-refractivity contribution in [3.63, 3.8) is 0 Å². The number of rotatable bonds is 6. The first kappa shape index (κ1) is 23.1. The number of fused-ring (bicyclic) bond motifs is 2. The Hall–Kier alpha value is -3.29. The number of imidazole rings is 1. The highest BCUT2D eigenvalue weighted by Gasteiger charge is 2.29. The molecule has 0 N–H and O–H groups in total. The van der Waals surface area contributed by atoms with Gasteiger partial charge in [0.2, 0.25) is 0 Å². The summed E-state index contributed by atoms with van der Waals surface area (Å²) >= 11 is 0. The van der Waals surface area contributed by atoms with Crippen LogP contribution in [0.2, 0.25) is 0 Å². The number of hydrogen-bond acceptors (Lipinski definition) is 5. The molecule has 1 aliphatic heterocycles. The van der Waals surface area contributed by atoms with E-state index in [1.54, 1.807) is 12.1 Å². The molecule has 1 fully saturated rings. The smallest absolute Gasteiger partial charge is 0.138 e. The van der Waals surface area contributed by atoms with Crippen LogP contribution in [0.1, 0.15) is 41.4 Å². The summed E-state index contributed by atoms with van der Waals surface area (Å²) in [6.07, 6.45) is 7.22. The Morgan fingerprint density at radius 2 is 1.83 bits per heavy atom. The largest absolute Gasteiger partial charge is 0.355 e. The average molecular weight is 485 g/mol. The molecule has 4 heterocycles. The molecule has 3 aromatic heterocycles. The third-order valence-electron chi connectivity index (χ3n) is 7.65. The third kappa shape index (κ3) is 4.61. The Morgan fingerprint density at radius 3 is 2.69 bits per heavy atom. The van der Waals surface area contributed by atoms with Gasteiger partial charge in [-0.1, -0.05) is 30.3 Å². The van der Waals surface area contributed by atoms with Crippen LogP contribution in [0.5, 0.6) is 0 Å².